The van der Waals surface area contributed by atoms with Crippen molar-refractivity contribution < 1.29 is 4.79 Å². The first-order chi connectivity index (χ1) is 18.2. The zero-order chi connectivity index (χ0) is 27.0. The molecule has 1 amide bonds. The van der Waals surface area contributed by atoms with Crippen molar-refractivity contribution in [1.82, 2.24) is 34.9 Å². The van der Waals surface area contributed by atoms with Gasteiger partial charge in [-0.3, -0.25) is 9.59 Å². The number of H-pyrrole nitrogens is 1. The lowest BCUT2D eigenvalue weighted by molar-refractivity contribution is 0.0952. The fraction of sp³-hybridized carbons (Fsp3) is 0.393. The summed E-state index contributed by atoms with van der Waals surface area (Å²) in [5.41, 5.74) is 4.65. The van der Waals surface area contributed by atoms with E-state index in [2.05, 4.69) is 37.2 Å². The lowest BCUT2D eigenvalue weighted by Gasteiger charge is -2.33. The van der Waals surface area contributed by atoms with E-state index in [1.165, 1.54) is 0 Å². The zero-order valence-corrected chi connectivity index (χ0v) is 22.6. The topological polar surface area (TPSA) is 112 Å². The minimum Gasteiger partial charge on any atom is -0.354 e. The van der Waals surface area contributed by atoms with Crippen LogP contribution < -0.4 is 15.8 Å². The van der Waals surface area contributed by atoms with Gasteiger partial charge in [-0.15, -0.1) is 0 Å². The van der Waals surface area contributed by atoms with Crippen LogP contribution in [0.5, 0.6) is 0 Å². The molecule has 10 heteroatoms. The number of fused-ring (bicyclic) bond motifs is 1. The molecule has 1 aliphatic rings. The van der Waals surface area contributed by atoms with Crippen LogP contribution in [0, 0.1) is 13.8 Å². The van der Waals surface area contributed by atoms with Gasteiger partial charge in [0.15, 0.2) is 5.65 Å². The first-order valence-electron chi connectivity index (χ1n) is 13.0. The van der Waals surface area contributed by atoms with Crippen molar-refractivity contribution in [3.8, 4) is 11.3 Å². The maximum Gasteiger partial charge on any atom is 0.253 e. The van der Waals surface area contributed by atoms with Crippen LogP contribution in [0.3, 0.4) is 0 Å². The molecule has 0 aliphatic carbocycles. The van der Waals surface area contributed by atoms with E-state index in [9.17, 15) is 9.59 Å². The van der Waals surface area contributed by atoms with Crippen LogP contribution in [0.1, 0.15) is 47.1 Å². The molecule has 4 aromatic heterocycles. The van der Waals surface area contributed by atoms with E-state index < -0.39 is 0 Å². The van der Waals surface area contributed by atoms with Gasteiger partial charge in [0.1, 0.15) is 5.82 Å². The molecule has 4 aromatic rings. The molecular weight excluding hydrogens is 480 g/mol. The average Bonchev–Trinajstić information content (AvgIpc) is 3.32. The standard InChI is InChI=1S/C28H34N8O2/c1-17(2)36-26-23(16-31-36)21(27(37)30-15-22-18(3)12-19(4)32-28(22)38)14-24(33-26)20-6-7-29-25(13-20)35-10-8-34(5)9-11-35/h6-7,12-14,16-17H,8-11,15H2,1-5H3,(H,30,37)(H,32,38). The second-order valence-electron chi connectivity index (χ2n) is 10.3. The summed E-state index contributed by atoms with van der Waals surface area (Å²) in [6.45, 7) is 11.7. The van der Waals surface area contributed by atoms with Gasteiger partial charge in [0, 0.05) is 61.8 Å². The van der Waals surface area contributed by atoms with Crippen molar-refractivity contribution in [3.05, 3.63) is 69.4 Å². The summed E-state index contributed by atoms with van der Waals surface area (Å²) >= 11 is 0. The third-order valence-corrected chi connectivity index (χ3v) is 7.09. The van der Waals surface area contributed by atoms with Gasteiger partial charge in [0.25, 0.3) is 11.5 Å². The minimum absolute atomic E-state index is 0.0678. The molecule has 38 heavy (non-hydrogen) atoms. The number of piperazine rings is 1. The second-order valence-corrected chi connectivity index (χ2v) is 10.3. The Hall–Kier alpha value is -4.05. The Morgan fingerprint density at radius 2 is 1.89 bits per heavy atom. The highest BCUT2D eigenvalue weighted by atomic mass is 16.1. The highest BCUT2D eigenvalue weighted by Crippen LogP contribution is 2.28. The summed E-state index contributed by atoms with van der Waals surface area (Å²) in [5, 5.41) is 8.13. The number of nitrogens with one attached hydrogen (secondary N) is 2. The van der Waals surface area contributed by atoms with Crippen molar-refractivity contribution >= 4 is 22.8 Å². The van der Waals surface area contributed by atoms with E-state index in [0.717, 1.165) is 48.8 Å². The van der Waals surface area contributed by atoms with Crippen LogP contribution in [0.2, 0.25) is 0 Å². The number of nitrogens with zero attached hydrogens (tertiary/aromatic N) is 6. The molecular formula is C28H34N8O2. The molecule has 0 atom stereocenters. The van der Waals surface area contributed by atoms with Crippen LogP contribution in [-0.4, -0.2) is 68.8 Å². The lowest BCUT2D eigenvalue weighted by atomic mass is 10.1. The summed E-state index contributed by atoms with van der Waals surface area (Å²) in [5.74, 6) is 0.615. The number of aryl methyl sites for hydroxylation is 2. The highest BCUT2D eigenvalue weighted by Gasteiger charge is 2.21. The Balaban J connectivity index is 1.52. The van der Waals surface area contributed by atoms with Crippen molar-refractivity contribution in [3.63, 3.8) is 0 Å². The predicted octanol–water partition coefficient (Wildman–Crippen LogP) is 3.06. The number of anilines is 1. The van der Waals surface area contributed by atoms with E-state index in [1.807, 2.05) is 50.6 Å². The Morgan fingerprint density at radius 1 is 1.13 bits per heavy atom. The third-order valence-electron chi connectivity index (χ3n) is 7.09. The molecule has 0 radical (unpaired) electrons. The van der Waals surface area contributed by atoms with E-state index in [4.69, 9.17) is 4.98 Å². The number of aromatic nitrogens is 5. The fourth-order valence-electron chi connectivity index (χ4n) is 4.88. The summed E-state index contributed by atoms with van der Waals surface area (Å²) in [4.78, 5) is 42.9. The molecule has 1 aliphatic heterocycles. The highest BCUT2D eigenvalue weighted by molar-refractivity contribution is 6.06. The molecule has 2 N–H and O–H groups in total. The first kappa shape index (κ1) is 25.6. The summed E-state index contributed by atoms with van der Waals surface area (Å²) in [6.07, 6.45) is 3.48. The summed E-state index contributed by atoms with van der Waals surface area (Å²) in [6, 6.07) is 7.73. The number of aromatic amines is 1. The fourth-order valence-corrected chi connectivity index (χ4v) is 4.88. The van der Waals surface area contributed by atoms with Gasteiger partial charge in [-0.2, -0.15) is 5.10 Å². The lowest BCUT2D eigenvalue weighted by Crippen LogP contribution is -2.44. The number of rotatable bonds is 6. The van der Waals surface area contributed by atoms with Crippen LogP contribution in [0.25, 0.3) is 22.3 Å². The number of amides is 1. The number of likely N-dealkylation sites (N-methyl/N-ethyl adjacent to an activating group) is 1. The Labute approximate surface area is 221 Å². The van der Waals surface area contributed by atoms with E-state index in [1.54, 1.807) is 18.5 Å². The third kappa shape index (κ3) is 5.04. The van der Waals surface area contributed by atoms with Gasteiger partial charge in [0.05, 0.1) is 22.8 Å². The molecule has 5 heterocycles. The number of hydrogen-bond donors (Lipinski definition) is 2. The maximum absolute atomic E-state index is 13.5. The van der Waals surface area contributed by atoms with Crippen molar-refractivity contribution in [1.29, 1.82) is 0 Å². The van der Waals surface area contributed by atoms with Crippen LogP contribution in [0.4, 0.5) is 5.82 Å². The first-order valence-corrected chi connectivity index (χ1v) is 13.0. The van der Waals surface area contributed by atoms with Crippen LogP contribution in [-0.2, 0) is 6.54 Å². The maximum atomic E-state index is 13.5. The smallest absolute Gasteiger partial charge is 0.253 e. The molecule has 10 nitrogen and oxygen atoms in total. The zero-order valence-electron chi connectivity index (χ0n) is 22.6. The van der Waals surface area contributed by atoms with Crippen molar-refractivity contribution in [2.24, 2.45) is 0 Å². The second kappa shape index (κ2) is 10.4. The van der Waals surface area contributed by atoms with Crippen molar-refractivity contribution in [2.75, 3.05) is 38.1 Å². The average molecular weight is 515 g/mol. The number of carbonyl (C=O) groups excluding carboxylic acids is 1. The predicted molar refractivity (Wildman–Crippen MR) is 149 cm³/mol. The molecule has 0 spiro atoms. The number of hydrogen-bond acceptors (Lipinski definition) is 7. The summed E-state index contributed by atoms with van der Waals surface area (Å²) < 4.78 is 1.83. The van der Waals surface area contributed by atoms with Crippen molar-refractivity contribution in [2.45, 2.75) is 40.3 Å². The molecule has 0 bridgehead atoms. The quantitative estimate of drug-likeness (QED) is 0.407. The Morgan fingerprint density at radius 3 is 2.61 bits per heavy atom. The van der Waals surface area contributed by atoms with Gasteiger partial charge < -0.3 is 20.1 Å². The van der Waals surface area contributed by atoms with Gasteiger partial charge in [-0.25, -0.2) is 14.6 Å². The molecule has 1 saturated heterocycles. The number of pyridine rings is 3. The van der Waals surface area contributed by atoms with Crippen LogP contribution >= 0.6 is 0 Å². The minimum atomic E-state index is -0.283. The number of carbonyl (C=O) groups is 1. The molecule has 0 aromatic carbocycles. The molecule has 1 fully saturated rings. The normalized spacial score (nSPS) is 14.4. The van der Waals surface area contributed by atoms with E-state index in [0.29, 0.717) is 27.9 Å². The van der Waals surface area contributed by atoms with Gasteiger partial charge in [-0.05, 0) is 64.6 Å². The molecule has 0 saturated carbocycles. The van der Waals surface area contributed by atoms with Gasteiger partial charge in [-0.1, -0.05) is 0 Å². The monoisotopic (exact) mass is 514 g/mol. The summed E-state index contributed by atoms with van der Waals surface area (Å²) in [7, 11) is 2.13. The van der Waals surface area contributed by atoms with Crippen LogP contribution in [0.15, 0.2) is 41.5 Å². The van der Waals surface area contributed by atoms with Gasteiger partial charge >= 0.3 is 0 Å². The van der Waals surface area contributed by atoms with E-state index in [-0.39, 0.29) is 24.1 Å². The van der Waals surface area contributed by atoms with E-state index >= 15 is 0 Å². The molecule has 0 unspecified atom stereocenters. The SMILES string of the molecule is Cc1cc(C)c(CNC(=O)c2cc(-c3ccnc(N4CCN(C)CC4)c3)nc3c2cnn3C(C)C)c(=O)[nH]1. The molecule has 198 valence electrons. The Kier molecular flexibility index (Phi) is 6.98. The molecule has 5 rings (SSSR count). The largest absolute Gasteiger partial charge is 0.354 e. The Bertz CT molecular complexity index is 1550. The van der Waals surface area contributed by atoms with Gasteiger partial charge in [0.2, 0.25) is 0 Å².